The van der Waals surface area contributed by atoms with Crippen LogP contribution in [0, 0.1) is 5.92 Å². The molecule has 8 heteroatoms. The summed E-state index contributed by atoms with van der Waals surface area (Å²) >= 11 is 18.5. The van der Waals surface area contributed by atoms with Gasteiger partial charge < -0.3 is 10.2 Å². The van der Waals surface area contributed by atoms with Gasteiger partial charge in [-0.3, -0.25) is 5.01 Å². The summed E-state index contributed by atoms with van der Waals surface area (Å²) in [5, 5.41) is 10.3. The van der Waals surface area contributed by atoms with E-state index < -0.39 is 0 Å². The van der Waals surface area contributed by atoms with Gasteiger partial charge in [0.05, 0.1) is 23.4 Å². The second-order valence-electron chi connectivity index (χ2n) is 8.15. The van der Waals surface area contributed by atoms with Crippen molar-refractivity contribution < 1.29 is 4.74 Å². The van der Waals surface area contributed by atoms with Gasteiger partial charge in [-0.2, -0.15) is 5.10 Å². The third kappa shape index (κ3) is 5.04. The Bertz CT molecular complexity index is 992. The predicted molar refractivity (Wildman–Crippen MR) is 137 cm³/mol. The van der Waals surface area contributed by atoms with E-state index in [2.05, 4.69) is 29.5 Å². The largest absolute Gasteiger partial charge is 0.494 e. The first kappa shape index (κ1) is 23.3. The fourth-order valence-electron chi connectivity index (χ4n) is 4.32. The first-order valence-corrected chi connectivity index (χ1v) is 12.3. The number of piperidine rings is 1. The van der Waals surface area contributed by atoms with Gasteiger partial charge in [0.15, 0.2) is 0 Å². The zero-order valence-corrected chi connectivity index (χ0v) is 20.7. The molecule has 2 unspecified atom stereocenters. The van der Waals surface area contributed by atoms with Crippen LogP contribution in [0.15, 0.2) is 47.6 Å². The van der Waals surface area contributed by atoms with Crippen LogP contribution >= 0.6 is 35.4 Å². The van der Waals surface area contributed by atoms with Gasteiger partial charge in [0.1, 0.15) is 16.4 Å². The van der Waals surface area contributed by atoms with Gasteiger partial charge in [-0.15, -0.1) is 0 Å². The monoisotopic (exact) mass is 490 g/mol. The molecule has 5 nitrogen and oxygen atoms in total. The molecular formula is C24H28Cl2N4OS. The fraction of sp³-hybridized carbons (Fsp3) is 0.417. The molecule has 32 heavy (non-hydrogen) atoms. The van der Waals surface area contributed by atoms with Crippen LogP contribution in [0.2, 0.25) is 10.0 Å². The molecule has 2 aromatic carbocycles. The Kier molecular flexibility index (Phi) is 7.56. The predicted octanol–water partition coefficient (Wildman–Crippen LogP) is 6.26. The molecule has 0 bridgehead atoms. The zero-order valence-electron chi connectivity index (χ0n) is 18.4. The van der Waals surface area contributed by atoms with Gasteiger partial charge in [0.25, 0.3) is 0 Å². The number of anilines is 1. The van der Waals surface area contributed by atoms with Crippen molar-refractivity contribution in [2.24, 2.45) is 11.0 Å². The summed E-state index contributed by atoms with van der Waals surface area (Å²) in [6.07, 6.45) is 3.63. The molecule has 2 aliphatic heterocycles. The minimum absolute atomic E-state index is 0.0551. The van der Waals surface area contributed by atoms with Crippen LogP contribution in [0.1, 0.15) is 44.7 Å². The van der Waals surface area contributed by atoms with E-state index in [-0.39, 0.29) is 12.0 Å². The number of halogens is 2. The normalized spacial score (nSPS) is 21.4. The Hall–Kier alpha value is -1.86. The van der Waals surface area contributed by atoms with Crippen molar-refractivity contribution in [2.45, 2.75) is 39.2 Å². The van der Waals surface area contributed by atoms with Crippen molar-refractivity contribution in [3.63, 3.8) is 0 Å². The van der Waals surface area contributed by atoms with E-state index >= 15 is 0 Å². The Labute approximate surface area is 205 Å². The molecule has 0 aromatic heterocycles. The van der Waals surface area contributed by atoms with Gasteiger partial charge in [-0.1, -0.05) is 60.9 Å². The van der Waals surface area contributed by atoms with Crippen molar-refractivity contribution >= 4 is 51.8 Å². The molecule has 1 saturated heterocycles. The van der Waals surface area contributed by atoms with E-state index in [0.717, 1.165) is 35.8 Å². The maximum absolute atomic E-state index is 6.59. The van der Waals surface area contributed by atoms with Crippen LogP contribution < -0.4 is 15.2 Å². The fourth-order valence-corrected chi connectivity index (χ4v) is 5.17. The highest BCUT2D eigenvalue weighted by molar-refractivity contribution is 7.82. The third-order valence-electron chi connectivity index (χ3n) is 5.92. The molecule has 2 aliphatic rings. The summed E-state index contributed by atoms with van der Waals surface area (Å²) in [6, 6.07) is 13.6. The topological polar surface area (TPSA) is 40.1 Å². The number of hydrazine groups is 1. The molecule has 0 aliphatic carbocycles. The van der Waals surface area contributed by atoms with Crippen molar-refractivity contribution in [1.29, 1.82) is 0 Å². The van der Waals surface area contributed by atoms with E-state index in [1.807, 2.05) is 36.2 Å². The molecule has 170 valence electrons. The standard InChI is InChI=1S/C24H28Cl2N4OS/c1-3-31-19-10-7-17(8-11-19)23-16(2)22(24(32)28-29-13-5-4-6-14-29)27-30(23)21-12-9-18(25)15-20(21)26/h7-12,15-16,23H,3-6,13-14H2,1-2H3,(H,28,32). The van der Waals surface area contributed by atoms with Crippen molar-refractivity contribution in [3.8, 4) is 5.75 Å². The maximum atomic E-state index is 6.59. The van der Waals surface area contributed by atoms with Gasteiger partial charge in [0.2, 0.25) is 0 Å². The van der Waals surface area contributed by atoms with E-state index in [4.69, 9.17) is 45.3 Å². The van der Waals surface area contributed by atoms with Crippen LogP contribution in [-0.4, -0.2) is 35.4 Å². The number of ether oxygens (including phenoxy) is 1. The van der Waals surface area contributed by atoms with Crippen molar-refractivity contribution in [2.75, 3.05) is 24.7 Å². The molecule has 1 fully saturated rings. The lowest BCUT2D eigenvalue weighted by atomic mass is 9.91. The molecule has 2 heterocycles. The lowest BCUT2D eigenvalue weighted by molar-refractivity contribution is 0.197. The average molecular weight is 491 g/mol. The first-order chi connectivity index (χ1) is 15.5. The first-order valence-electron chi connectivity index (χ1n) is 11.1. The van der Waals surface area contributed by atoms with E-state index in [1.54, 1.807) is 6.07 Å². The number of hydrogen-bond acceptors (Lipinski definition) is 5. The zero-order chi connectivity index (χ0) is 22.7. The molecule has 0 saturated carbocycles. The maximum Gasteiger partial charge on any atom is 0.137 e. The smallest absolute Gasteiger partial charge is 0.137 e. The molecule has 1 N–H and O–H groups in total. The number of nitrogens with zero attached hydrogens (tertiary/aromatic N) is 3. The van der Waals surface area contributed by atoms with Crippen LogP contribution in [0.5, 0.6) is 5.75 Å². The number of thiocarbonyl (C=S) groups is 1. The molecule has 2 aromatic rings. The van der Waals surface area contributed by atoms with E-state index in [0.29, 0.717) is 21.6 Å². The van der Waals surface area contributed by atoms with Gasteiger partial charge >= 0.3 is 0 Å². The summed E-state index contributed by atoms with van der Waals surface area (Å²) in [6.45, 7) is 6.77. The third-order valence-corrected chi connectivity index (χ3v) is 6.76. The molecule has 2 atom stereocenters. The highest BCUT2D eigenvalue weighted by atomic mass is 35.5. The highest BCUT2D eigenvalue weighted by Gasteiger charge is 2.39. The summed E-state index contributed by atoms with van der Waals surface area (Å²) in [5.41, 5.74) is 6.20. The minimum atomic E-state index is -0.0551. The number of hydrazone groups is 1. The quantitative estimate of drug-likeness (QED) is 0.483. The Morgan fingerprint density at radius 3 is 2.50 bits per heavy atom. The Morgan fingerprint density at radius 1 is 1.12 bits per heavy atom. The molecule has 4 rings (SSSR count). The summed E-state index contributed by atoms with van der Waals surface area (Å²) < 4.78 is 5.62. The lowest BCUT2D eigenvalue weighted by Crippen LogP contribution is -2.47. The Balaban J connectivity index is 1.66. The average Bonchev–Trinajstić information content (AvgIpc) is 3.12. The lowest BCUT2D eigenvalue weighted by Gasteiger charge is -2.29. The van der Waals surface area contributed by atoms with Crippen LogP contribution in [0.25, 0.3) is 0 Å². The van der Waals surface area contributed by atoms with Gasteiger partial charge in [0, 0.05) is 24.0 Å². The van der Waals surface area contributed by atoms with Crippen molar-refractivity contribution in [1.82, 2.24) is 10.4 Å². The van der Waals surface area contributed by atoms with Crippen LogP contribution in [-0.2, 0) is 0 Å². The molecular weight excluding hydrogens is 463 g/mol. The Morgan fingerprint density at radius 2 is 1.84 bits per heavy atom. The van der Waals surface area contributed by atoms with Gasteiger partial charge in [-0.05, 0) is 55.7 Å². The van der Waals surface area contributed by atoms with Crippen molar-refractivity contribution in [3.05, 3.63) is 58.1 Å². The van der Waals surface area contributed by atoms with E-state index in [1.165, 1.54) is 19.3 Å². The summed E-state index contributed by atoms with van der Waals surface area (Å²) in [4.78, 5) is 0.669. The second-order valence-corrected chi connectivity index (χ2v) is 9.40. The van der Waals surface area contributed by atoms with Gasteiger partial charge in [-0.25, -0.2) is 5.01 Å². The molecule has 0 radical (unpaired) electrons. The number of rotatable bonds is 6. The SMILES string of the molecule is CCOc1ccc(C2C(C)C(C(=S)NN3CCCCC3)=NN2c2ccc(Cl)cc2Cl)cc1. The number of benzene rings is 2. The minimum Gasteiger partial charge on any atom is -0.494 e. The summed E-state index contributed by atoms with van der Waals surface area (Å²) in [7, 11) is 0. The van der Waals surface area contributed by atoms with Crippen LogP contribution in [0.4, 0.5) is 5.69 Å². The number of hydrogen-bond donors (Lipinski definition) is 1. The molecule has 0 spiro atoms. The highest BCUT2D eigenvalue weighted by Crippen LogP contribution is 2.42. The van der Waals surface area contributed by atoms with E-state index in [9.17, 15) is 0 Å². The number of nitrogens with one attached hydrogen (secondary N) is 1. The second kappa shape index (κ2) is 10.4. The van der Waals surface area contributed by atoms with Crippen LogP contribution in [0.3, 0.4) is 0 Å². The molecule has 0 amide bonds. The summed E-state index contributed by atoms with van der Waals surface area (Å²) in [5.74, 6) is 0.908.